The maximum absolute atomic E-state index is 6.04. The quantitative estimate of drug-likeness (QED) is 0.428. The third-order valence-electron chi connectivity index (χ3n) is 4.05. The highest BCUT2D eigenvalue weighted by molar-refractivity contribution is 6.30. The molecule has 1 heterocycles. The molecular formula is C21H14ClN. The summed E-state index contributed by atoms with van der Waals surface area (Å²) in [6.45, 7) is 0. The third-order valence-corrected chi connectivity index (χ3v) is 4.30. The number of halogens is 1. The van der Waals surface area contributed by atoms with Crippen molar-refractivity contribution in [2.75, 3.05) is 0 Å². The van der Waals surface area contributed by atoms with E-state index in [9.17, 15) is 0 Å². The van der Waals surface area contributed by atoms with E-state index in [0.29, 0.717) is 0 Å². The highest BCUT2D eigenvalue weighted by Gasteiger charge is 2.09. The highest BCUT2D eigenvalue weighted by atomic mass is 35.5. The van der Waals surface area contributed by atoms with Crippen LogP contribution in [-0.4, -0.2) is 4.98 Å². The molecule has 1 aromatic heterocycles. The fraction of sp³-hybridized carbons (Fsp3) is 0. The van der Waals surface area contributed by atoms with E-state index in [1.165, 1.54) is 33.0 Å². The topological polar surface area (TPSA) is 12.9 Å². The Labute approximate surface area is 140 Å². The van der Waals surface area contributed by atoms with E-state index in [4.69, 9.17) is 11.6 Å². The molecule has 23 heavy (non-hydrogen) atoms. The first kappa shape index (κ1) is 14.0. The molecule has 4 rings (SSSR count). The SMILES string of the molecule is Clc1ccc(-c2cccc3cccc(-c4ccncc4)c23)cc1. The van der Waals surface area contributed by atoms with Gasteiger partial charge in [0.15, 0.2) is 0 Å². The molecule has 0 saturated carbocycles. The Balaban J connectivity index is 2.04. The molecule has 0 bridgehead atoms. The van der Waals surface area contributed by atoms with E-state index >= 15 is 0 Å². The van der Waals surface area contributed by atoms with Gasteiger partial charge >= 0.3 is 0 Å². The van der Waals surface area contributed by atoms with Gasteiger partial charge < -0.3 is 0 Å². The molecule has 0 saturated heterocycles. The summed E-state index contributed by atoms with van der Waals surface area (Å²) in [7, 11) is 0. The van der Waals surface area contributed by atoms with Gasteiger partial charge in [-0.2, -0.15) is 0 Å². The lowest BCUT2D eigenvalue weighted by Gasteiger charge is -2.12. The van der Waals surface area contributed by atoms with Crippen LogP contribution in [0.1, 0.15) is 0 Å². The molecule has 3 aromatic carbocycles. The number of nitrogens with zero attached hydrogens (tertiary/aromatic N) is 1. The minimum Gasteiger partial charge on any atom is -0.265 e. The molecule has 0 aliphatic carbocycles. The second-order valence-corrected chi connectivity index (χ2v) is 5.89. The van der Waals surface area contributed by atoms with Crippen molar-refractivity contribution in [2.45, 2.75) is 0 Å². The average Bonchev–Trinajstić information content (AvgIpc) is 2.62. The van der Waals surface area contributed by atoms with E-state index in [1.54, 1.807) is 0 Å². The van der Waals surface area contributed by atoms with Crippen molar-refractivity contribution >= 4 is 22.4 Å². The molecule has 0 aliphatic rings. The van der Waals surface area contributed by atoms with Crippen LogP contribution in [0.2, 0.25) is 5.02 Å². The van der Waals surface area contributed by atoms with Gasteiger partial charge in [0, 0.05) is 17.4 Å². The predicted molar refractivity (Wildman–Crippen MR) is 97.6 cm³/mol. The minimum atomic E-state index is 0.753. The fourth-order valence-electron chi connectivity index (χ4n) is 2.98. The molecule has 2 heteroatoms. The summed E-state index contributed by atoms with van der Waals surface area (Å²) in [6, 6.07) is 24.9. The third kappa shape index (κ3) is 2.60. The molecule has 0 unspecified atom stereocenters. The molecule has 1 nitrogen and oxygen atoms in total. The first-order valence-electron chi connectivity index (χ1n) is 7.51. The Bertz CT molecular complexity index is 955. The van der Waals surface area contributed by atoms with Crippen molar-refractivity contribution < 1.29 is 0 Å². The van der Waals surface area contributed by atoms with Crippen LogP contribution in [0.3, 0.4) is 0 Å². The lowest BCUT2D eigenvalue weighted by atomic mass is 9.92. The zero-order valence-corrected chi connectivity index (χ0v) is 13.2. The van der Waals surface area contributed by atoms with Crippen LogP contribution in [0.15, 0.2) is 85.2 Å². The predicted octanol–water partition coefficient (Wildman–Crippen LogP) is 6.22. The van der Waals surface area contributed by atoms with E-state index in [2.05, 4.69) is 53.5 Å². The monoisotopic (exact) mass is 315 g/mol. The number of aromatic nitrogens is 1. The van der Waals surface area contributed by atoms with E-state index < -0.39 is 0 Å². The van der Waals surface area contributed by atoms with Crippen molar-refractivity contribution in [1.82, 2.24) is 4.98 Å². The normalized spacial score (nSPS) is 10.8. The molecule has 110 valence electrons. The van der Waals surface area contributed by atoms with Gasteiger partial charge in [-0.05, 0) is 57.3 Å². The second-order valence-electron chi connectivity index (χ2n) is 5.45. The van der Waals surface area contributed by atoms with Crippen molar-refractivity contribution in [1.29, 1.82) is 0 Å². The maximum atomic E-state index is 6.04. The van der Waals surface area contributed by atoms with Crippen LogP contribution in [0.25, 0.3) is 33.0 Å². The Hall–Kier alpha value is -2.64. The number of benzene rings is 3. The Kier molecular flexibility index (Phi) is 3.57. The largest absolute Gasteiger partial charge is 0.265 e. The second kappa shape index (κ2) is 5.86. The zero-order valence-electron chi connectivity index (χ0n) is 12.4. The first-order chi connectivity index (χ1) is 11.3. The van der Waals surface area contributed by atoms with Crippen LogP contribution in [0.5, 0.6) is 0 Å². The lowest BCUT2D eigenvalue weighted by molar-refractivity contribution is 1.33. The van der Waals surface area contributed by atoms with Gasteiger partial charge in [0.05, 0.1) is 0 Å². The average molecular weight is 316 g/mol. The Morgan fingerprint density at radius 1 is 0.609 bits per heavy atom. The molecule has 0 aliphatic heterocycles. The fourth-order valence-corrected chi connectivity index (χ4v) is 3.11. The van der Waals surface area contributed by atoms with Crippen LogP contribution < -0.4 is 0 Å². The smallest absolute Gasteiger partial charge is 0.0406 e. The number of pyridine rings is 1. The summed E-state index contributed by atoms with van der Waals surface area (Å²) in [6.07, 6.45) is 3.66. The van der Waals surface area contributed by atoms with Crippen LogP contribution in [0.4, 0.5) is 0 Å². The molecular weight excluding hydrogens is 302 g/mol. The molecule has 0 N–H and O–H groups in total. The number of fused-ring (bicyclic) bond motifs is 1. The van der Waals surface area contributed by atoms with Gasteiger partial charge in [0.2, 0.25) is 0 Å². The van der Waals surface area contributed by atoms with Gasteiger partial charge in [0.25, 0.3) is 0 Å². The van der Waals surface area contributed by atoms with Gasteiger partial charge in [-0.1, -0.05) is 60.1 Å². The minimum absolute atomic E-state index is 0.753. The highest BCUT2D eigenvalue weighted by Crippen LogP contribution is 2.36. The summed E-state index contributed by atoms with van der Waals surface area (Å²) in [5.74, 6) is 0. The van der Waals surface area contributed by atoms with Crippen molar-refractivity contribution in [2.24, 2.45) is 0 Å². The van der Waals surface area contributed by atoms with Crippen LogP contribution in [-0.2, 0) is 0 Å². The maximum Gasteiger partial charge on any atom is 0.0406 e. The molecule has 0 atom stereocenters. The van der Waals surface area contributed by atoms with Crippen LogP contribution in [0, 0.1) is 0 Å². The summed E-state index contributed by atoms with van der Waals surface area (Å²) >= 11 is 6.04. The molecule has 0 amide bonds. The standard InChI is InChI=1S/C21H14ClN/c22-18-9-7-15(8-10-18)19-5-1-3-17-4-2-6-20(21(17)19)16-11-13-23-14-12-16/h1-14H. The van der Waals surface area contributed by atoms with Crippen molar-refractivity contribution in [3.8, 4) is 22.3 Å². The van der Waals surface area contributed by atoms with Gasteiger partial charge in [0.1, 0.15) is 0 Å². The van der Waals surface area contributed by atoms with Gasteiger partial charge in [-0.25, -0.2) is 0 Å². The summed E-state index contributed by atoms with van der Waals surface area (Å²) < 4.78 is 0. The molecule has 4 aromatic rings. The van der Waals surface area contributed by atoms with Gasteiger partial charge in [-0.3, -0.25) is 4.98 Å². The number of hydrogen-bond acceptors (Lipinski definition) is 1. The number of hydrogen-bond donors (Lipinski definition) is 0. The lowest BCUT2D eigenvalue weighted by Crippen LogP contribution is -1.86. The van der Waals surface area contributed by atoms with Gasteiger partial charge in [-0.15, -0.1) is 0 Å². The molecule has 0 spiro atoms. The van der Waals surface area contributed by atoms with E-state index in [-0.39, 0.29) is 0 Å². The Morgan fingerprint density at radius 3 is 1.78 bits per heavy atom. The summed E-state index contributed by atoms with van der Waals surface area (Å²) in [5, 5.41) is 3.23. The zero-order chi connectivity index (χ0) is 15.6. The molecule has 0 radical (unpaired) electrons. The van der Waals surface area contributed by atoms with Crippen molar-refractivity contribution in [3.63, 3.8) is 0 Å². The summed E-state index contributed by atoms with van der Waals surface area (Å²) in [4.78, 5) is 4.13. The van der Waals surface area contributed by atoms with Crippen LogP contribution >= 0.6 is 11.6 Å². The number of rotatable bonds is 2. The summed E-state index contributed by atoms with van der Waals surface area (Å²) in [5.41, 5.74) is 4.77. The molecule has 0 fully saturated rings. The van der Waals surface area contributed by atoms with E-state index in [1.807, 2.05) is 36.7 Å². The van der Waals surface area contributed by atoms with Crippen molar-refractivity contribution in [3.05, 3.63) is 90.2 Å². The first-order valence-corrected chi connectivity index (χ1v) is 7.89. The Morgan fingerprint density at radius 2 is 1.17 bits per heavy atom. The van der Waals surface area contributed by atoms with E-state index in [0.717, 1.165) is 5.02 Å².